The molecule has 1 heterocycles. The molecular formula is C13H12F2O4. The summed E-state index contributed by atoms with van der Waals surface area (Å²) < 4.78 is 30.3. The maximum absolute atomic E-state index is 13.3. The average Bonchev–Trinajstić information content (AvgIpc) is 2.45. The lowest BCUT2D eigenvalue weighted by molar-refractivity contribution is -0.0788. The summed E-state index contributed by atoms with van der Waals surface area (Å²) in [5.41, 5.74) is -0.273. The van der Waals surface area contributed by atoms with E-state index in [1.807, 2.05) is 0 Å². The van der Waals surface area contributed by atoms with Crippen LogP contribution >= 0.6 is 0 Å². The molecule has 0 unspecified atom stereocenters. The third-order valence-corrected chi connectivity index (χ3v) is 3.08. The molecular weight excluding hydrogens is 258 g/mol. The Morgan fingerprint density at radius 1 is 1.16 bits per heavy atom. The van der Waals surface area contributed by atoms with Gasteiger partial charge < -0.3 is 4.74 Å². The molecule has 0 amide bonds. The van der Waals surface area contributed by atoms with Gasteiger partial charge in [-0.05, 0) is 31.0 Å². The van der Waals surface area contributed by atoms with Gasteiger partial charge in [-0.2, -0.15) is 0 Å². The quantitative estimate of drug-likeness (QED) is 0.792. The van der Waals surface area contributed by atoms with Crippen LogP contribution in [0.2, 0.25) is 0 Å². The highest BCUT2D eigenvalue weighted by Crippen LogP contribution is 2.22. The minimum Gasteiger partial charge on any atom is -0.381 e. The topological polar surface area (TPSA) is 52.6 Å². The predicted octanol–water partition coefficient (Wildman–Crippen LogP) is 2.48. The van der Waals surface area contributed by atoms with E-state index in [2.05, 4.69) is 4.94 Å². The maximum atomic E-state index is 13.3. The fourth-order valence-corrected chi connectivity index (χ4v) is 2.09. The number of halogens is 2. The molecule has 0 spiro atoms. The Morgan fingerprint density at radius 2 is 1.79 bits per heavy atom. The summed E-state index contributed by atoms with van der Waals surface area (Å²) in [5.74, 6) is -2.63. The smallest absolute Gasteiger partial charge is 0.379 e. The highest BCUT2D eigenvalue weighted by molar-refractivity contribution is 6.00. The Hall–Kier alpha value is -1.82. The Kier molecular flexibility index (Phi) is 4.21. The monoisotopic (exact) mass is 270 g/mol. The lowest BCUT2D eigenvalue weighted by Gasteiger charge is -2.20. The largest absolute Gasteiger partial charge is 0.381 e. The molecule has 0 aromatic heterocycles. The SMILES string of the molecule is O=C(OF)c1cc(F)cc(C(=O)C2CCOCC2)c1. The molecule has 0 radical (unpaired) electrons. The van der Waals surface area contributed by atoms with Gasteiger partial charge in [-0.25, -0.2) is 14.1 Å². The van der Waals surface area contributed by atoms with Crippen molar-refractivity contribution in [3.63, 3.8) is 0 Å². The molecule has 0 N–H and O–H groups in total. The molecule has 1 aromatic rings. The zero-order valence-corrected chi connectivity index (χ0v) is 10.0. The number of benzene rings is 1. The van der Waals surface area contributed by atoms with Crippen molar-refractivity contribution in [3.8, 4) is 0 Å². The number of hydrogen-bond donors (Lipinski definition) is 0. The van der Waals surface area contributed by atoms with E-state index in [4.69, 9.17) is 4.74 Å². The molecule has 2 rings (SSSR count). The van der Waals surface area contributed by atoms with Gasteiger partial charge in [0.25, 0.3) is 0 Å². The van der Waals surface area contributed by atoms with Crippen molar-refractivity contribution in [2.45, 2.75) is 12.8 Å². The van der Waals surface area contributed by atoms with Crippen LogP contribution in [0.5, 0.6) is 0 Å². The maximum Gasteiger partial charge on any atom is 0.379 e. The summed E-state index contributed by atoms with van der Waals surface area (Å²) in [5, 5.41) is 0. The zero-order valence-electron chi connectivity index (χ0n) is 10.0. The number of Topliss-reactive ketones (excluding diaryl/α,β-unsaturated/α-hetero) is 1. The van der Waals surface area contributed by atoms with E-state index >= 15 is 0 Å². The van der Waals surface area contributed by atoms with Gasteiger partial charge in [0.1, 0.15) is 5.82 Å². The molecule has 0 bridgehead atoms. The summed E-state index contributed by atoms with van der Waals surface area (Å²) in [6.07, 6.45) is 1.11. The van der Waals surface area contributed by atoms with Gasteiger partial charge >= 0.3 is 5.97 Å². The Labute approximate surface area is 108 Å². The highest BCUT2D eigenvalue weighted by Gasteiger charge is 2.24. The van der Waals surface area contributed by atoms with E-state index in [9.17, 15) is 18.5 Å². The summed E-state index contributed by atoms with van der Waals surface area (Å²) >= 11 is 0. The first-order valence-electron chi connectivity index (χ1n) is 5.87. The molecule has 102 valence electrons. The Balaban J connectivity index is 2.25. The number of carbonyl (C=O) groups excluding carboxylic acids is 2. The van der Waals surface area contributed by atoms with Crippen LogP contribution in [-0.4, -0.2) is 25.0 Å². The Bertz CT molecular complexity index is 495. The van der Waals surface area contributed by atoms with Gasteiger partial charge in [0.15, 0.2) is 5.78 Å². The standard InChI is InChI=1S/C13H12F2O4/c14-11-6-9(5-10(7-11)13(17)19-15)12(16)8-1-3-18-4-2-8/h5-8H,1-4H2. The molecule has 1 saturated heterocycles. The number of ether oxygens (including phenoxy) is 1. The van der Waals surface area contributed by atoms with Crippen LogP contribution in [0.3, 0.4) is 0 Å². The summed E-state index contributed by atoms with van der Waals surface area (Å²) in [7, 11) is 0. The number of rotatable bonds is 3. The molecule has 0 atom stereocenters. The number of carbonyl (C=O) groups is 2. The first kappa shape index (κ1) is 13.6. The van der Waals surface area contributed by atoms with E-state index in [1.165, 1.54) is 0 Å². The van der Waals surface area contributed by atoms with Gasteiger partial charge in [0.2, 0.25) is 0 Å². The molecule has 1 aliphatic heterocycles. The molecule has 4 nitrogen and oxygen atoms in total. The predicted molar refractivity (Wildman–Crippen MR) is 60.8 cm³/mol. The summed E-state index contributed by atoms with van der Waals surface area (Å²) in [6.45, 7) is 0.955. The van der Waals surface area contributed by atoms with Gasteiger partial charge in [-0.3, -0.25) is 4.79 Å². The van der Waals surface area contributed by atoms with E-state index in [1.54, 1.807) is 0 Å². The second-order valence-corrected chi connectivity index (χ2v) is 4.34. The zero-order chi connectivity index (χ0) is 13.8. The van der Waals surface area contributed by atoms with Crippen molar-refractivity contribution >= 4 is 11.8 Å². The van der Waals surface area contributed by atoms with Crippen molar-refractivity contribution in [2.24, 2.45) is 5.92 Å². The average molecular weight is 270 g/mol. The van der Waals surface area contributed by atoms with Crippen molar-refractivity contribution in [1.82, 2.24) is 0 Å². The lowest BCUT2D eigenvalue weighted by atomic mass is 9.90. The van der Waals surface area contributed by atoms with Crippen molar-refractivity contribution in [2.75, 3.05) is 13.2 Å². The van der Waals surface area contributed by atoms with Crippen molar-refractivity contribution in [1.29, 1.82) is 0 Å². The van der Waals surface area contributed by atoms with Gasteiger partial charge in [0.05, 0.1) is 5.56 Å². The van der Waals surface area contributed by atoms with Gasteiger partial charge in [0, 0.05) is 29.2 Å². The molecule has 0 aliphatic carbocycles. The molecule has 6 heteroatoms. The fraction of sp³-hybridized carbons (Fsp3) is 0.385. The van der Waals surface area contributed by atoms with Crippen LogP contribution in [0.4, 0.5) is 8.92 Å². The molecule has 0 saturated carbocycles. The van der Waals surface area contributed by atoms with Gasteiger partial charge in [-0.1, -0.05) is 0 Å². The van der Waals surface area contributed by atoms with Crippen molar-refractivity contribution in [3.05, 3.63) is 35.1 Å². The van der Waals surface area contributed by atoms with Crippen molar-refractivity contribution < 1.29 is 28.2 Å². The number of ketones is 1. The fourth-order valence-electron chi connectivity index (χ4n) is 2.09. The third-order valence-electron chi connectivity index (χ3n) is 3.08. The van der Waals surface area contributed by atoms with Crippen LogP contribution in [0.1, 0.15) is 33.6 Å². The van der Waals surface area contributed by atoms with E-state index in [0.29, 0.717) is 26.1 Å². The van der Waals surface area contributed by atoms with Crippen LogP contribution in [-0.2, 0) is 9.68 Å². The van der Waals surface area contributed by atoms with E-state index in [0.717, 1.165) is 18.2 Å². The lowest BCUT2D eigenvalue weighted by Crippen LogP contribution is -2.23. The summed E-state index contributed by atoms with van der Waals surface area (Å²) in [6, 6.07) is 3.00. The first-order chi connectivity index (χ1) is 9.11. The molecule has 1 fully saturated rings. The summed E-state index contributed by atoms with van der Waals surface area (Å²) in [4.78, 5) is 26.2. The van der Waals surface area contributed by atoms with Gasteiger partial charge in [-0.15, -0.1) is 0 Å². The van der Waals surface area contributed by atoms with Crippen LogP contribution in [0, 0.1) is 11.7 Å². The molecule has 1 aliphatic rings. The minimum atomic E-state index is -1.32. The van der Waals surface area contributed by atoms with Crippen LogP contribution < -0.4 is 0 Å². The van der Waals surface area contributed by atoms with E-state index in [-0.39, 0.29) is 22.8 Å². The van der Waals surface area contributed by atoms with E-state index < -0.39 is 11.8 Å². The normalized spacial score (nSPS) is 16.1. The third kappa shape index (κ3) is 3.14. The number of hydrogen-bond acceptors (Lipinski definition) is 4. The molecule has 19 heavy (non-hydrogen) atoms. The minimum absolute atomic E-state index is 0.0484. The second-order valence-electron chi connectivity index (χ2n) is 4.34. The highest BCUT2D eigenvalue weighted by atomic mass is 19.3. The molecule has 1 aromatic carbocycles. The van der Waals surface area contributed by atoms with Crippen LogP contribution in [0.25, 0.3) is 0 Å². The first-order valence-corrected chi connectivity index (χ1v) is 5.87. The Morgan fingerprint density at radius 3 is 2.42 bits per heavy atom. The van der Waals surface area contributed by atoms with Crippen LogP contribution in [0.15, 0.2) is 18.2 Å². The second kappa shape index (κ2) is 5.88.